The molecule has 3 rings (SSSR count). The third-order valence-corrected chi connectivity index (χ3v) is 8.21. The zero-order chi connectivity index (χ0) is 26.1. The number of amides is 2. The van der Waals surface area contributed by atoms with Gasteiger partial charge in [0.05, 0.1) is 10.6 Å². The summed E-state index contributed by atoms with van der Waals surface area (Å²) in [6.07, 6.45) is 5.45. The number of benzene rings is 2. The molecule has 7 nitrogen and oxygen atoms in total. The van der Waals surface area contributed by atoms with Gasteiger partial charge in [0.1, 0.15) is 0 Å². The quantitative estimate of drug-likeness (QED) is 0.602. The Morgan fingerprint density at radius 1 is 1.00 bits per heavy atom. The van der Waals surface area contributed by atoms with Gasteiger partial charge in [-0.25, -0.2) is 8.42 Å². The molecule has 0 bridgehead atoms. The summed E-state index contributed by atoms with van der Waals surface area (Å²) >= 11 is 0. The number of sulfone groups is 1. The molecule has 196 valence electrons. The molecule has 0 fully saturated rings. The number of hydrogen-bond donors (Lipinski definition) is 2. The van der Waals surface area contributed by atoms with Crippen LogP contribution in [0.1, 0.15) is 67.4 Å². The number of nitrogens with zero attached hydrogens (tertiary/aromatic N) is 1. The van der Waals surface area contributed by atoms with E-state index >= 15 is 0 Å². The van der Waals surface area contributed by atoms with Gasteiger partial charge in [-0.2, -0.15) is 0 Å². The molecule has 8 heteroatoms. The van der Waals surface area contributed by atoms with Crippen LogP contribution in [0, 0.1) is 12.8 Å². The van der Waals surface area contributed by atoms with Crippen LogP contribution < -0.4 is 15.5 Å². The van der Waals surface area contributed by atoms with Gasteiger partial charge in [0.2, 0.25) is 5.91 Å². The topological polar surface area (TPSA) is 95.6 Å². The summed E-state index contributed by atoms with van der Waals surface area (Å²) in [5.41, 5.74) is 3.17. The summed E-state index contributed by atoms with van der Waals surface area (Å²) < 4.78 is 25.2. The Morgan fingerprint density at radius 2 is 1.69 bits per heavy atom. The maximum atomic E-state index is 13.0. The smallest absolute Gasteiger partial charge is 0.251 e. The van der Waals surface area contributed by atoms with Crippen LogP contribution in [0.25, 0.3) is 0 Å². The van der Waals surface area contributed by atoms with E-state index in [1.54, 1.807) is 30.3 Å². The molecular formula is C28H39N3O4S. The second kappa shape index (κ2) is 13.0. The highest BCUT2D eigenvalue weighted by Gasteiger charge is 2.22. The average Bonchev–Trinajstić information content (AvgIpc) is 2.84. The molecule has 0 unspecified atom stereocenters. The molecule has 0 spiro atoms. The fraction of sp³-hybridized carbons (Fsp3) is 0.500. The summed E-state index contributed by atoms with van der Waals surface area (Å²) in [4.78, 5) is 28.0. The van der Waals surface area contributed by atoms with Crippen molar-refractivity contribution in [3.05, 3.63) is 59.2 Å². The minimum Gasteiger partial charge on any atom is -0.351 e. The van der Waals surface area contributed by atoms with E-state index in [0.29, 0.717) is 18.7 Å². The number of nitrogens with one attached hydrogen (secondary N) is 2. The SMILES string of the molecule is Cc1ccc(S(=O)(=O)CCNC(=O)c2ccc3c(c2)CNCCCCCCCN3C(=O)C(C)C)cc1. The van der Waals surface area contributed by atoms with Crippen LogP contribution >= 0.6 is 0 Å². The van der Waals surface area contributed by atoms with Gasteiger partial charge in [0, 0.05) is 36.8 Å². The van der Waals surface area contributed by atoms with Crippen molar-refractivity contribution in [3.63, 3.8) is 0 Å². The lowest BCUT2D eigenvalue weighted by Gasteiger charge is -2.28. The lowest BCUT2D eigenvalue weighted by Crippen LogP contribution is -2.36. The van der Waals surface area contributed by atoms with E-state index in [4.69, 9.17) is 0 Å². The number of fused-ring (bicyclic) bond motifs is 1. The largest absolute Gasteiger partial charge is 0.351 e. The summed E-state index contributed by atoms with van der Waals surface area (Å²) in [7, 11) is -3.49. The number of aryl methyl sites for hydroxylation is 1. The molecule has 0 aromatic heterocycles. The van der Waals surface area contributed by atoms with E-state index in [1.807, 2.05) is 37.8 Å². The first-order valence-corrected chi connectivity index (χ1v) is 14.6. The lowest BCUT2D eigenvalue weighted by atomic mass is 10.0. The molecule has 1 heterocycles. The third-order valence-electron chi connectivity index (χ3n) is 6.48. The Bertz CT molecular complexity index is 1140. The fourth-order valence-electron chi connectivity index (χ4n) is 4.33. The highest BCUT2D eigenvalue weighted by atomic mass is 32.2. The van der Waals surface area contributed by atoms with Crippen molar-refractivity contribution in [2.45, 2.75) is 64.3 Å². The molecule has 0 atom stereocenters. The van der Waals surface area contributed by atoms with Gasteiger partial charge in [-0.3, -0.25) is 9.59 Å². The highest BCUT2D eigenvalue weighted by molar-refractivity contribution is 7.91. The van der Waals surface area contributed by atoms with E-state index in [2.05, 4.69) is 10.6 Å². The molecule has 2 aromatic carbocycles. The molecule has 2 aromatic rings. The monoisotopic (exact) mass is 513 g/mol. The van der Waals surface area contributed by atoms with Crippen molar-refractivity contribution in [2.75, 3.05) is 30.3 Å². The highest BCUT2D eigenvalue weighted by Crippen LogP contribution is 2.25. The molecule has 0 saturated heterocycles. The second-order valence-corrected chi connectivity index (χ2v) is 11.9. The van der Waals surface area contributed by atoms with E-state index in [0.717, 1.165) is 55.5 Å². The molecule has 0 aliphatic carbocycles. The van der Waals surface area contributed by atoms with Gasteiger partial charge in [0.25, 0.3) is 5.91 Å². The van der Waals surface area contributed by atoms with Gasteiger partial charge >= 0.3 is 0 Å². The van der Waals surface area contributed by atoms with Crippen LogP contribution in [-0.4, -0.2) is 45.6 Å². The van der Waals surface area contributed by atoms with E-state index in [1.165, 1.54) is 0 Å². The molecule has 2 N–H and O–H groups in total. The standard InChI is InChI=1S/C28H39N3O4S/c1-21(2)28(33)31-17-8-6-4-5-7-15-29-20-24-19-23(11-14-26(24)31)27(32)30-16-18-36(34,35)25-12-9-22(3)10-13-25/h9-14,19,21,29H,4-8,15-18,20H2,1-3H3,(H,30,32). The maximum Gasteiger partial charge on any atom is 0.251 e. The van der Waals surface area contributed by atoms with Crippen molar-refractivity contribution >= 4 is 27.3 Å². The number of rotatable bonds is 6. The van der Waals surface area contributed by atoms with Crippen LogP contribution in [0.2, 0.25) is 0 Å². The molecular weight excluding hydrogens is 474 g/mol. The van der Waals surface area contributed by atoms with Gasteiger partial charge < -0.3 is 15.5 Å². The van der Waals surface area contributed by atoms with Crippen LogP contribution in [0.3, 0.4) is 0 Å². The minimum absolute atomic E-state index is 0.0162. The second-order valence-electron chi connectivity index (χ2n) is 9.82. The Kier molecular flexibility index (Phi) is 10.1. The van der Waals surface area contributed by atoms with Gasteiger partial charge in [-0.15, -0.1) is 0 Å². The third kappa shape index (κ3) is 7.64. The Balaban J connectivity index is 1.75. The average molecular weight is 514 g/mol. The summed E-state index contributed by atoms with van der Waals surface area (Å²) in [5.74, 6) is -0.556. The van der Waals surface area contributed by atoms with Gasteiger partial charge in [0.15, 0.2) is 9.84 Å². The predicted molar refractivity (Wildman–Crippen MR) is 144 cm³/mol. The van der Waals surface area contributed by atoms with E-state index in [-0.39, 0.29) is 34.9 Å². The predicted octanol–water partition coefficient (Wildman–Crippen LogP) is 4.24. The molecule has 1 aliphatic rings. The number of hydrogen-bond acceptors (Lipinski definition) is 5. The van der Waals surface area contributed by atoms with Gasteiger partial charge in [-0.1, -0.05) is 50.8 Å². The van der Waals surface area contributed by atoms with Crippen molar-refractivity contribution in [1.82, 2.24) is 10.6 Å². The summed E-state index contributed by atoms with van der Waals surface area (Å²) in [6, 6.07) is 12.1. The van der Waals surface area contributed by atoms with E-state index in [9.17, 15) is 18.0 Å². The molecule has 36 heavy (non-hydrogen) atoms. The van der Waals surface area contributed by atoms with Crippen molar-refractivity contribution in [1.29, 1.82) is 0 Å². The normalized spacial score (nSPS) is 15.5. The fourth-order valence-corrected chi connectivity index (χ4v) is 5.49. The summed E-state index contributed by atoms with van der Waals surface area (Å²) in [5, 5.41) is 6.20. The Labute approximate surface area is 215 Å². The van der Waals surface area contributed by atoms with E-state index < -0.39 is 9.84 Å². The minimum atomic E-state index is -3.49. The molecule has 1 aliphatic heterocycles. The Hall–Kier alpha value is -2.71. The number of anilines is 1. The zero-order valence-corrected chi connectivity index (χ0v) is 22.5. The van der Waals surface area contributed by atoms with Crippen molar-refractivity contribution < 1.29 is 18.0 Å². The lowest BCUT2D eigenvalue weighted by molar-refractivity contribution is -0.121. The first-order chi connectivity index (χ1) is 17.2. The van der Waals surface area contributed by atoms with Crippen LogP contribution in [0.15, 0.2) is 47.4 Å². The Morgan fingerprint density at radius 3 is 2.42 bits per heavy atom. The van der Waals surface area contributed by atoms with Crippen LogP contribution in [0.4, 0.5) is 5.69 Å². The molecule has 2 amide bonds. The summed E-state index contributed by atoms with van der Waals surface area (Å²) in [6.45, 7) is 7.82. The van der Waals surface area contributed by atoms with Crippen molar-refractivity contribution in [2.24, 2.45) is 5.92 Å². The maximum absolute atomic E-state index is 13.0. The first kappa shape index (κ1) is 27.9. The number of carbonyl (C=O) groups is 2. The van der Waals surface area contributed by atoms with Crippen molar-refractivity contribution in [3.8, 4) is 0 Å². The first-order valence-electron chi connectivity index (χ1n) is 12.9. The zero-order valence-electron chi connectivity index (χ0n) is 21.7. The number of carbonyl (C=O) groups excluding carboxylic acids is 2. The van der Waals surface area contributed by atoms with Crippen LogP contribution in [0.5, 0.6) is 0 Å². The van der Waals surface area contributed by atoms with Crippen LogP contribution in [-0.2, 0) is 21.2 Å². The van der Waals surface area contributed by atoms with Gasteiger partial charge in [-0.05, 0) is 62.2 Å². The molecule has 0 saturated carbocycles. The molecule has 0 radical (unpaired) electrons.